The van der Waals surface area contributed by atoms with Crippen molar-refractivity contribution in [2.45, 2.75) is 12.8 Å². The molecule has 0 spiro atoms. The van der Waals surface area contributed by atoms with E-state index in [9.17, 15) is 27.9 Å². The van der Waals surface area contributed by atoms with Crippen molar-refractivity contribution in [2.75, 3.05) is 18.5 Å². The van der Waals surface area contributed by atoms with Gasteiger partial charge in [-0.1, -0.05) is 59.8 Å². The molecule has 0 aromatic heterocycles. The Morgan fingerprint density at radius 3 is 2.17 bits per heavy atom. The summed E-state index contributed by atoms with van der Waals surface area (Å²) in [5, 5.41) is 15.9. The average molecular weight is 579 g/mol. The van der Waals surface area contributed by atoms with Crippen LogP contribution in [0.2, 0.25) is 0 Å². The van der Waals surface area contributed by atoms with Crippen LogP contribution in [0.25, 0.3) is 11.1 Å². The smallest absolute Gasteiger partial charge is 0.493 e. The summed E-state index contributed by atoms with van der Waals surface area (Å²) in [6.07, 6.45) is -2.79. The molecule has 11 heteroatoms. The predicted octanol–water partition coefficient (Wildman–Crippen LogP) is 7.02. The first-order valence-corrected chi connectivity index (χ1v) is 12.7. The molecule has 0 saturated carbocycles. The van der Waals surface area contributed by atoms with Gasteiger partial charge in [-0.2, -0.15) is 0 Å². The second kappa shape index (κ2) is 13.8. The van der Waals surface area contributed by atoms with Gasteiger partial charge in [-0.25, -0.2) is 4.79 Å². The fraction of sp³-hybridized carbons (Fsp3) is 0.129. The fourth-order valence-corrected chi connectivity index (χ4v) is 3.76. The van der Waals surface area contributed by atoms with E-state index in [1.165, 1.54) is 18.2 Å². The number of hydrogen-bond acceptors (Lipinski definition) is 6. The minimum absolute atomic E-state index is 0.00275. The molecule has 1 amide bonds. The Labute approximate surface area is 239 Å². The Kier molecular flexibility index (Phi) is 9.77. The zero-order valence-corrected chi connectivity index (χ0v) is 22.0. The number of rotatable bonds is 12. The number of carbonyl (C=O) groups excluding carboxylic acids is 1. The van der Waals surface area contributed by atoms with Crippen molar-refractivity contribution < 1.29 is 42.2 Å². The summed E-state index contributed by atoms with van der Waals surface area (Å²) in [6.45, 7) is 0.491. The number of carboxylic acid groups (broad SMARTS) is 1. The number of amides is 1. The Balaban J connectivity index is 1.25. The summed E-state index contributed by atoms with van der Waals surface area (Å²) in [4.78, 5) is 29.5. The van der Waals surface area contributed by atoms with E-state index < -0.39 is 24.0 Å². The summed E-state index contributed by atoms with van der Waals surface area (Å²) >= 11 is 0. The molecule has 42 heavy (non-hydrogen) atoms. The number of halogens is 3. The molecule has 216 valence electrons. The first kappa shape index (κ1) is 29.7. The number of hydrogen-bond donors (Lipinski definition) is 2. The molecule has 4 rings (SSSR count). The summed E-state index contributed by atoms with van der Waals surface area (Å²) in [7, 11) is 0. The van der Waals surface area contributed by atoms with Crippen LogP contribution in [0.5, 0.6) is 11.5 Å². The van der Waals surface area contributed by atoms with Crippen LogP contribution < -0.4 is 14.8 Å². The highest BCUT2D eigenvalue weighted by Gasteiger charge is 2.31. The minimum atomic E-state index is -4.87. The van der Waals surface area contributed by atoms with Crippen molar-refractivity contribution in [3.63, 3.8) is 0 Å². The average Bonchev–Trinajstić information content (AvgIpc) is 2.97. The monoisotopic (exact) mass is 578 g/mol. The lowest BCUT2D eigenvalue weighted by Gasteiger charge is -2.12. The van der Waals surface area contributed by atoms with Gasteiger partial charge < -0.3 is 24.7 Å². The molecule has 2 N–H and O–H groups in total. The van der Waals surface area contributed by atoms with Crippen LogP contribution in [-0.2, 0) is 4.84 Å². The number of alkyl halides is 3. The molecule has 4 aromatic carbocycles. The van der Waals surface area contributed by atoms with Gasteiger partial charge in [-0.15, -0.1) is 13.2 Å². The third-order valence-corrected chi connectivity index (χ3v) is 5.76. The highest BCUT2D eigenvalue weighted by atomic mass is 19.4. The van der Waals surface area contributed by atoms with Crippen molar-refractivity contribution in [3.8, 4) is 22.6 Å². The Bertz CT molecular complexity index is 1520. The molecule has 0 unspecified atom stereocenters. The number of anilines is 1. The van der Waals surface area contributed by atoms with Gasteiger partial charge >= 0.3 is 12.3 Å². The molecule has 0 aliphatic carbocycles. The van der Waals surface area contributed by atoms with E-state index >= 15 is 0 Å². The van der Waals surface area contributed by atoms with Crippen LogP contribution in [0.1, 0.15) is 32.7 Å². The van der Waals surface area contributed by atoms with Gasteiger partial charge in [-0.05, 0) is 53.1 Å². The van der Waals surface area contributed by atoms with Gasteiger partial charge in [0.05, 0.1) is 24.1 Å². The van der Waals surface area contributed by atoms with E-state index in [1.807, 2.05) is 54.6 Å². The van der Waals surface area contributed by atoms with Gasteiger partial charge in [0, 0.05) is 18.1 Å². The highest BCUT2D eigenvalue weighted by Crippen LogP contribution is 2.26. The maximum Gasteiger partial charge on any atom is 0.573 e. The molecule has 0 fully saturated rings. The maximum absolute atomic E-state index is 12.6. The number of nitrogens with zero attached hydrogens (tertiary/aromatic N) is 1. The van der Waals surface area contributed by atoms with Crippen LogP contribution in [0, 0.1) is 0 Å². The first-order valence-electron chi connectivity index (χ1n) is 12.7. The van der Waals surface area contributed by atoms with Crippen LogP contribution in [0.4, 0.5) is 18.9 Å². The molecule has 8 nitrogen and oxygen atoms in total. The number of nitrogens with one attached hydrogen (secondary N) is 1. The van der Waals surface area contributed by atoms with E-state index in [2.05, 4.69) is 15.2 Å². The number of aromatic carboxylic acids is 1. The molecule has 0 aliphatic rings. The number of ether oxygens (including phenoxy) is 2. The van der Waals surface area contributed by atoms with E-state index in [-0.39, 0.29) is 30.0 Å². The number of carboxylic acids is 1. The van der Waals surface area contributed by atoms with E-state index in [0.717, 1.165) is 41.0 Å². The summed E-state index contributed by atoms with van der Waals surface area (Å²) in [5.41, 5.74) is 2.86. The predicted molar refractivity (Wildman–Crippen MR) is 150 cm³/mol. The molecule has 0 aliphatic heterocycles. The second-order valence-corrected chi connectivity index (χ2v) is 8.80. The molecule has 0 radical (unpaired) electrons. The molecule has 0 atom stereocenters. The SMILES string of the molecule is O=C(Nc1cc(OCCCO/N=C/c2ccc(-c3ccccc3)cc2)ccc1C(=O)O)c1ccc(OC(F)(F)F)cc1. The van der Waals surface area contributed by atoms with Crippen molar-refractivity contribution in [1.29, 1.82) is 0 Å². The zero-order valence-electron chi connectivity index (χ0n) is 22.0. The second-order valence-electron chi connectivity index (χ2n) is 8.80. The van der Waals surface area contributed by atoms with Crippen molar-refractivity contribution in [3.05, 3.63) is 114 Å². The van der Waals surface area contributed by atoms with Gasteiger partial charge in [0.2, 0.25) is 0 Å². The standard InChI is InChI=1S/C31H25F3N2O6/c32-31(33,34)42-25-13-11-24(12-14-25)29(37)36-28-19-26(15-16-27(28)30(38)39)40-17-4-18-41-35-20-21-7-9-23(10-8-21)22-5-2-1-3-6-22/h1-3,5-16,19-20H,4,17-18H2,(H,36,37)(H,38,39)/b35-20+. The highest BCUT2D eigenvalue weighted by molar-refractivity contribution is 6.08. The van der Waals surface area contributed by atoms with Crippen LogP contribution >= 0.6 is 0 Å². The third-order valence-electron chi connectivity index (χ3n) is 5.76. The van der Waals surface area contributed by atoms with Crippen LogP contribution in [-0.4, -0.2) is 42.8 Å². The van der Waals surface area contributed by atoms with E-state index in [0.29, 0.717) is 12.2 Å². The lowest BCUT2D eigenvalue weighted by Crippen LogP contribution is -2.17. The van der Waals surface area contributed by atoms with Crippen molar-refractivity contribution in [2.24, 2.45) is 5.16 Å². The summed E-state index contributed by atoms with van der Waals surface area (Å²) < 4.78 is 46.5. The first-order chi connectivity index (χ1) is 20.2. The van der Waals surface area contributed by atoms with Crippen molar-refractivity contribution in [1.82, 2.24) is 0 Å². The normalized spacial score (nSPS) is 11.2. The van der Waals surface area contributed by atoms with Crippen molar-refractivity contribution >= 4 is 23.8 Å². The summed E-state index contributed by atoms with van der Waals surface area (Å²) in [5.74, 6) is -2.21. The van der Waals surface area contributed by atoms with Gasteiger partial charge in [-0.3, -0.25) is 4.79 Å². The number of benzene rings is 4. The molecular weight excluding hydrogens is 553 g/mol. The van der Waals surface area contributed by atoms with E-state index in [1.54, 1.807) is 6.21 Å². The quantitative estimate of drug-likeness (QED) is 0.106. The molecular formula is C31H25F3N2O6. The lowest BCUT2D eigenvalue weighted by molar-refractivity contribution is -0.274. The fourth-order valence-electron chi connectivity index (χ4n) is 3.76. The zero-order chi connectivity index (χ0) is 30.0. The van der Waals surface area contributed by atoms with Crippen LogP contribution in [0.15, 0.2) is 102 Å². The summed E-state index contributed by atoms with van der Waals surface area (Å²) in [6, 6.07) is 26.2. The molecule has 0 heterocycles. The number of oxime groups is 1. The molecule has 4 aromatic rings. The maximum atomic E-state index is 12.6. The van der Waals surface area contributed by atoms with Gasteiger partial charge in [0.15, 0.2) is 0 Å². The number of carbonyl (C=O) groups is 2. The minimum Gasteiger partial charge on any atom is -0.493 e. The third kappa shape index (κ3) is 8.85. The Morgan fingerprint density at radius 2 is 1.50 bits per heavy atom. The van der Waals surface area contributed by atoms with Crippen LogP contribution in [0.3, 0.4) is 0 Å². The molecule has 0 bridgehead atoms. The van der Waals surface area contributed by atoms with Gasteiger partial charge in [0.1, 0.15) is 18.1 Å². The van der Waals surface area contributed by atoms with Gasteiger partial charge in [0.25, 0.3) is 5.91 Å². The lowest BCUT2D eigenvalue weighted by atomic mass is 10.0. The topological polar surface area (TPSA) is 106 Å². The molecule has 0 saturated heterocycles. The largest absolute Gasteiger partial charge is 0.573 e. The Hall–Kier alpha value is -5.32. The Morgan fingerprint density at radius 1 is 0.833 bits per heavy atom. The van der Waals surface area contributed by atoms with E-state index in [4.69, 9.17) is 9.57 Å².